The first-order valence-corrected chi connectivity index (χ1v) is 6.98. The van der Waals surface area contributed by atoms with E-state index in [1.807, 2.05) is 0 Å². The zero-order valence-electron chi connectivity index (χ0n) is 10.4. The van der Waals surface area contributed by atoms with Crippen LogP contribution in [0.3, 0.4) is 0 Å². The van der Waals surface area contributed by atoms with E-state index >= 15 is 0 Å². The molecule has 0 radical (unpaired) electrons. The highest BCUT2D eigenvalue weighted by molar-refractivity contribution is 7.92. The van der Waals surface area contributed by atoms with Gasteiger partial charge in [0.2, 0.25) is 0 Å². The predicted molar refractivity (Wildman–Crippen MR) is 70.6 cm³/mol. The molecule has 0 amide bonds. The number of aromatic nitrogens is 1. The lowest BCUT2D eigenvalue weighted by Crippen LogP contribution is -2.16. The minimum absolute atomic E-state index is 0.0258. The standard InChI is InChI=1S/C12H11F2N3O2S/c1-7-2-5-10(16-6-7)17-20(18,19)9-4-3-8(13)12(15)11(9)14/h2-6H,15H2,1H3,(H,16,17). The van der Waals surface area contributed by atoms with E-state index in [1.54, 1.807) is 13.0 Å². The number of hydrogen-bond donors (Lipinski definition) is 2. The molecule has 0 aliphatic heterocycles. The number of hydrogen-bond acceptors (Lipinski definition) is 4. The molecule has 20 heavy (non-hydrogen) atoms. The van der Waals surface area contributed by atoms with Crippen LogP contribution in [0.2, 0.25) is 0 Å². The van der Waals surface area contributed by atoms with E-state index in [9.17, 15) is 17.2 Å². The van der Waals surface area contributed by atoms with Gasteiger partial charge in [-0.25, -0.2) is 22.2 Å². The molecular weight excluding hydrogens is 288 g/mol. The monoisotopic (exact) mass is 299 g/mol. The second kappa shape index (κ2) is 5.04. The van der Waals surface area contributed by atoms with Crippen LogP contribution in [0.25, 0.3) is 0 Å². The summed E-state index contributed by atoms with van der Waals surface area (Å²) in [7, 11) is -4.23. The second-order valence-electron chi connectivity index (χ2n) is 4.10. The maximum atomic E-state index is 13.7. The molecule has 0 bridgehead atoms. The number of anilines is 2. The van der Waals surface area contributed by atoms with Crippen molar-refractivity contribution >= 4 is 21.5 Å². The van der Waals surface area contributed by atoms with Crippen molar-refractivity contribution in [1.82, 2.24) is 4.98 Å². The van der Waals surface area contributed by atoms with Gasteiger partial charge in [0.15, 0.2) is 5.82 Å². The molecule has 0 unspecified atom stereocenters. The molecular formula is C12H11F2N3O2S. The lowest BCUT2D eigenvalue weighted by Gasteiger charge is -2.09. The van der Waals surface area contributed by atoms with Gasteiger partial charge < -0.3 is 5.73 Å². The molecule has 0 saturated heterocycles. The quantitative estimate of drug-likeness (QED) is 0.849. The van der Waals surface area contributed by atoms with Crippen molar-refractivity contribution in [2.24, 2.45) is 0 Å². The molecule has 8 heteroatoms. The smallest absolute Gasteiger partial charge is 0.266 e. The van der Waals surface area contributed by atoms with Gasteiger partial charge in [0.1, 0.15) is 22.2 Å². The largest absolute Gasteiger partial charge is 0.394 e. The molecule has 0 atom stereocenters. The lowest BCUT2D eigenvalue weighted by molar-refractivity contribution is 0.557. The lowest BCUT2D eigenvalue weighted by atomic mass is 10.3. The van der Waals surface area contributed by atoms with Gasteiger partial charge in [0, 0.05) is 6.20 Å². The van der Waals surface area contributed by atoms with E-state index in [0.29, 0.717) is 0 Å². The molecule has 0 saturated carbocycles. The van der Waals surface area contributed by atoms with Crippen molar-refractivity contribution in [2.45, 2.75) is 11.8 Å². The zero-order valence-corrected chi connectivity index (χ0v) is 11.2. The molecule has 0 aliphatic rings. The molecule has 106 valence electrons. The number of halogens is 2. The molecule has 1 heterocycles. The van der Waals surface area contributed by atoms with Gasteiger partial charge in [0.25, 0.3) is 10.0 Å². The third kappa shape index (κ3) is 2.69. The highest BCUT2D eigenvalue weighted by atomic mass is 32.2. The summed E-state index contributed by atoms with van der Waals surface area (Å²) in [6.07, 6.45) is 1.45. The topological polar surface area (TPSA) is 85.1 Å². The Morgan fingerprint density at radius 1 is 1.20 bits per heavy atom. The zero-order chi connectivity index (χ0) is 14.9. The molecule has 5 nitrogen and oxygen atoms in total. The fraction of sp³-hybridized carbons (Fsp3) is 0.0833. The first-order valence-electron chi connectivity index (χ1n) is 5.50. The van der Waals surface area contributed by atoms with Gasteiger partial charge in [-0.15, -0.1) is 0 Å². The number of nitrogens with two attached hydrogens (primary N) is 1. The normalized spacial score (nSPS) is 11.3. The van der Waals surface area contributed by atoms with E-state index < -0.39 is 32.2 Å². The van der Waals surface area contributed by atoms with Crippen molar-refractivity contribution in [3.8, 4) is 0 Å². The molecule has 1 aromatic carbocycles. The molecule has 0 fully saturated rings. The summed E-state index contributed by atoms with van der Waals surface area (Å²) >= 11 is 0. The summed E-state index contributed by atoms with van der Waals surface area (Å²) in [4.78, 5) is 3.10. The highest BCUT2D eigenvalue weighted by Gasteiger charge is 2.23. The molecule has 2 aromatic rings. The number of nitrogens with one attached hydrogen (secondary N) is 1. The van der Waals surface area contributed by atoms with E-state index in [-0.39, 0.29) is 5.82 Å². The van der Waals surface area contributed by atoms with Gasteiger partial charge in [0.05, 0.1) is 0 Å². The van der Waals surface area contributed by atoms with E-state index in [4.69, 9.17) is 5.73 Å². The van der Waals surface area contributed by atoms with Crippen molar-refractivity contribution < 1.29 is 17.2 Å². The number of nitrogens with zero attached hydrogens (tertiary/aromatic N) is 1. The number of sulfonamides is 1. The van der Waals surface area contributed by atoms with E-state index in [1.165, 1.54) is 12.3 Å². The van der Waals surface area contributed by atoms with Crippen LogP contribution in [0.1, 0.15) is 5.56 Å². The predicted octanol–water partition coefficient (Wildman–Crippen LogP) is 2.05. The number of nitrogen functional groups attached to an aromatic ring is 1. The maximum Gasteiger partial charge on any atom is 0.266 e. The summed E-state index contributed by atoms with van der Waals surface area (Å²) in [6.45, 7) is 1.78. The summed E-state index contributed by atoms with van der Waals surface area (Å²) in [5.74, 6) is -2.32. The Hall–Kier alpha value is -2.22. The number of pyridine rings is 1. The Labute approximate surface area is 114 Å². The molecule has 1 aromatic heterocycles. The van der Waals surface area contributed by atoms with Gasteiger partial charge in [-0.1, -0.05) is 6.07 Å². The summed E-state index contributed by atoms with van der Waals surface area (Å²) in [6, 6.07) is 4.66. The number of benzene rings is 1. The first-order chi connectivity index (χ1) is 9.31. The minimum Gasteiger partial charge on any atom is -0.394 e. The Kier molecular flexibility index (Phi) is 3.58. The van der Waals surface area contributed by atoms with Crippen LogP contribution >= 0.6 is 0 Å². The van der Waals surface area contributed by atoms with Crippen molar-refractivity contribution in [3.63, 3.8) is 0 Å². The minimum atomic E-state index is -4.23. The van der Waals surface area contributed by atoms with Crippen LogP contribution in [0, 0.1) is 18.6 Å². The van der Waals surface area contributed by atoms with Crippen molar-refractivity contribution in [1.29, 1.82) is 0 Å². The summed E-state index contributed by atoms with van der Waals surface area (Å²) in [5, 5.41) is 0. The Balaban J connectivity index is 2.41. The highest BCUT2D eigenvalue weighted by Crippen LogP contribution is 2.24. The molecule has 2 rings (SSSR count). The van der Waals surface area contributed by atoms with Crippen molar-refractivity contribution in [2.75, 3.05) is 10.5 Å². The SMILES string of the molecule is Cc1ccc(NS(=O)(=O)c2ccc(F)c(N)c2F)nc1. The van der Waals surface area contributed by atoms with Gasteiger partial charge in [-0.05, 0) is 30.7 Å². The van der Waals surface area contributed by atoms with Gasteiger partial charge >= 0.3 is 0 Å². The molecule has 0 aliphatic carbocycles. The van der Waals surface area contributed by atoms with Crippen LogP contribution in [0.5, 0.6) is 0 Å². The summed E-state index contributed by atoms with van der Waals surface area (Å²) < 4.78 is 52.8. The van der Waals surface area contributed by atoms with Crippen LogP contribution in [-0.2, 0) is 10.0 Å². The van der Waals surface area contributed by atoms with E-state index in [2.05, 4.69) is 9.71 Å². The Morgan fingerprint density at radius 3 is 2.50 bits per heavy atom. The van der Waals surface area contributed by atoms with Gasteiger partial charge in [-0.3, -0.25) is 4.72 Å². The van der Waals surface area contributed by atoms with Crippen LogP contribution in [-0.4, -0.2) is 13.4 Å². The average Bonchev–Trinajstić information content (AvgIpc) is 2.38. The number of rotatable bonds is 3. The molecule has 3 N–H and O–H groups in total. The van der Waals surface area contributed by atoms with Crippen molar-refractivity contribution in [3.05, 3.63) is 47.7 Å². The fourth-order valence-electron chi connectivity index (χ4n) is 1.48. The summed E-state index contributed by atoms with van der Waals surface area (Å²) in [5.41, 5.74) is 5.13. The van der Waals surface area contributed by atoms with Crippen LogP contribution in [0.15, 0.2) is 35.4 Å². The average molecular weight is 299 g/mol. The van der Waals surface area contributed by atoms with E-state index in [0.717, 1.165) is 17.7 Å². The Morgan fingerprint density at radius 2 is 1.90 bits per heavy atom. The van der Waals surface area contributed by atoms with Gasteiger partial charge in [-0.2, -0.15) is 0 Å². The maximum absolute atomic E-state index is 13.7. The first kappa shape index (κ1) is 14.2. The van der Waals surface area contributed by atoms with Crippen LogP contribution in [0.4, 0.5) is 20.3 Å². The second-order valence-corrected chi connectivity index (χ2v) is 5.75. The third-order valence-corrected chi connectivity index (χ3v) is 3.90. The third-order valence-electron chi connectivity index (χ3n) is 2.53. The fourth-order valence-corrected chi connectivity index (χ4v) is 2.58. The molecule has 0 spiro atoms. The van der Waals surface area contributed by atoms with Crippen LogP contribution < -0.4 is 10.5 Å². The number of aryl methyl sites for hydroxylation is 1. The Bertz CT molecular complexity index is 746.